The smallest absolute Gasteiger partial charge is 0.260 e. The van der Waals surface area contributed by atoms with E-state index < -0.39 is 21.6 Å². The van der Waals surface area contributed by atoms with Crippen LogP contribution in [0.15, 0.2) is 78.0 Å². The molecule has 0 unspecified atom stereocenters. The Hall–Kier alpha value is -3.85. The summed E-state index contributed by atoms with van der Waals surface area (Å²) in [6, 6.07) is 15.3. The minimum Gasteiger partial charge on any atom is -0.384 e. The van der Waals surface area contributed by atoms with E-state index in [1.165, 1.54) is 47.6 Å². The molecule has 0 bridgehead atoms. The molecular formula is C23H19FN4O3S. The summed E-state index contributed by atoms with van der Waals surface area (Å²) in [5.41, 5.74) is 6.95. The van der Waals surface area contributed by atoms with E-state index in [1.807, 2.05) is 0 Å². The summed E-state index contributed by atoms with van der Waals surface area (Å²) in [6.07, 6.45) is 3.99. The van der Waals surface area contributed by atoms with Gasteiger partial charge < -0.3 is 10.6 Å². The molecule has 2 heterocycles. The zero-order chi connectivity index (χ0) is 22.9. The Labute approximate surface area is 184 Å². The lowest BCUT2D eigenvalue weighted by molar-refractivity contribution is 0.0984. The predicted octanol–water partition coefficient (Wildman–Crippen LogP) is 3.60. The zero-order valence-electron chi connectivity index (χ0n) is 17.1. The van der Waals surface area contributed by atoms with Crippen LogP contribution in [0.5, 0.6) is 0 Å². The van der Waals surface area contributed by atoms with Crippen LogP contribution in [0.25, 0.3) is 10.9 Å². The van der Waals surface area contributed by atoms with E-state index in [2.05, 4.69) is 9.97 Å². The van der Waals surface area contributed by atoms with Crippen LogP contribution in [0.3, 0.4) is 0 Å². The number of nitrogens with zero attached hydrogens (tertiary/aromatic N) is 3. The Morgan fingerprint density at radius 2 is 1.88 bits per heavy atom. The van der Waals surface area contributed by atoms with Gasteiger partial charge >= 0.3 is 0 Å². The number of fused-ring (bicyclic) bond motifs is 1. The van der Waals surface area contributed by atoms with Gasteiger partial charge in [0.15, 0.2) is 9.84 Å². The standard InChI is InChI=1S/C23H19FN4O3S/c1-32(30,31)21-7-3-2-6-20(21)28(23(29)16-5-4-10-26-13-16)14-15-11-18(24)17-8-9-22(25)27-19(17)12-15/h2-13H,14H2,1H3,(H2,25,27). The van der Waals surface area contributed by atoms with Crippen molar-refractivity contribution in [2.24, 2.45) is 0 Å². The number of anilines is 2. The number of hydrogen-bond acceptors (Lipinski definition) is 6. The molecule has 0 fully saturated rings. The van der Waals surface area contributed by atoms with E-state index in [0.717, 1.165) is 6.26 Å². The Balaban J connectivity index is 1.86. The van der Waals surface area contributed by atoms with Gasteiger partial charge in [-0.2, -0.15) is 0 Å². The molecule has 0 radical (unpaired) electrons. The SMILES string of the molecule is CS(=O)(=O)c1ccccc1N(Cc1cc(F)c2ccc(N)nc2c1)C(=O)c1cccnc1. The van der Waals surface area contributed by atoms with Gasteiger partial charge in [-0.05, 0) is 54.1 Å². The summed E-state index contributed by atoms with van der Waals surface area (Å²) in [6.45, 7) is -0.0937. The first-order valence-electron chi connectivity index (χ1n) is 9.59. The first kappa shape index (κ1) is 21.4. The van der Waals surface area contributed by atoms with Crippen molar-refractivity contribution in [3.8, 4) is 0 Å². The summed E-state index contributed by atoms with van der Waals surface area (Å²) >= 11 is 0. The molecule has 0 saturated heterocycles. The van der Waals surface area contributed by atoms with Gasteiger partial charge in [0, 0.05) is 24.0 Å². The third-order valence-corrected chi connectivity index (χ3v) is 6.03. The van der Waals surface area contributed by atoms with Gasteiger partial charge in [-0.1, -0.05) is 12.1 Å². The average Bonchev–Trinajstić information content (AvgIpc) is 2.77. The maximum Gasteiger partial charge on any atom is 0.260 e. The highest BCUT2D eigenvalue weighted by Gasteiger charge is 2.25. The molecule has 0 aliphatic rings. The van der Waals surface area contributed by atoms with E-state index in [0.29, 0.717) is 16.5 Å². The number of para-hydroxylation sites is 1. The largest absolute Gasteiger partial charge is 0.384 e. The van der Waals surface area contributed by atoms with Crippen LogP contribution in [-0.2, 0) is 16.4 Å². The fraction of sp³-hybridized carbons (Fsp3) is 0.0870. The molecule has 0 atom stereocenters. The number of pyridine rings is 2. The summed E-state index contributed by atoms with van der Waals surface area (Å²) in [5.74, 6) is -0.759. The molecule has 2 N–H and O–H groups in total. The van der Waals surface area contributed by atoms with Crippen molar-refractivity contribution in [1.82, 2.24) is 9.97 Å². The number of aromatic nitrogens is 2. The van der Waals surface area contributed by atoms with Crippen LogP contribution in [0.4, 0.5) is 15.9 Å². The zero-order valence-corrected chi connectivity index (χ0v) is 17.9. The fourth-order valence-electron chi connectivity index (χ4n) is 3.44. The molecule has 0 aliphatic heterocycles. The molecule has 1 amide bonds. The molecule has 4 aromatic rings. The monoisotopic (exact) mass is 450 g/mol. The lowest BCUT2D eigenvalue weighted by atomic mass is 10.1. The van der Waals surface area contributed by atoms with E-state index in [1.54, 1.807) is 30.3 Å². The molecular weight excluding hydrogens is 431 g/mol. The van der Waals surface area contributed by atoms with Gasteiger partial charge in [-0.25, -0.2) is 17.8 Å². The van der Waals surface area contributed by atoms with E-state index in [9.17, 15) is 17.6 Å². The third-order valence-electron chi connectivity index (χ3n) is 4.89. The number of halogens is 1. The summed E-state index contributed by atoms with van der Waals surface area (Å²) in [5, 5.41) is 0.296. The fourth-order valence-corrected chi connectivity index (χ4v) is 4.32. The minimum atomic E-state index is -3.65. The highest BCUT2D eigenvalue weighted by molar-refractivity contribution is 7.90. The van der Waals surface area contributed by atoms with E-state index in [-0.39, 0.29) is 28.5 Å². The maximum absolute atomic E-state index is 14.7. The van der Waals surface area contributed by atoms with Crippen LogP contribution < -0.4 is 10.6 Å². The van der Waals surface area contributed by atoms with Crippen LogP contribution in [0.2, 0.25) is 0 Å². The number of sulfone groups is 1. The second kappa shape index (κ2) is 8.35. The molecule has 0 aliphatic carbocycles. The Bertz CT molecular complexity index is 1430. The Morgan fingerprint density at radius 3 is 2.59 bits per heavy atom. The van der Waals surface area contributed by atoms with Crippen LogP contribution >= 0.6 is 0 Å². The average molecular weight is 450 g/mol. The second-order valence-electron chi connectivity index (χ2n) is 7.25. The topological polar surface area (TPSA) is 106 Å². The van der Waals surface area contributed by atoms with Crippen LogP contribution in [-0.4, -0.2) is 30.5 Å². The lowest BCUT2D eigenvalue weighted by Crippen LogP contribution is -2.31. The van der Waals surface area contributed by atoms with Crippen molar-refractivity contribution < 1.29 is 17.6 Å². The van der Waals surface area contributed by atoms with Gasteiger partial charge in [0.1, 0.15) is 11.6 Å². The Kier molecular flexibility index (Phi) is 5.58. The molecule has 4 rings (SSSR count). The highest BCUT2D eigenvalue weighted by Crippen LogP contribution is 2.29. The molecule has 0 saturated carbocycles. The summed E-state index contributed by atoms with van der Waals surface area (Å²) < 4.78 is 39.5. The molecule has 0 spiro atoms. The number of nitrogens with two attached hydrogens (primary N) is 1. The number of rotatable bonds is 5. The first-order valence-corrected chi connectivity index (χ1v) is 11.5. The second-order valence-corrected chi connectivity index (χ2v) is 9.24. The van der Waals surface area contributed by atoms with Crippen molar-refractivity contribution in [1.29, 1.82) is 0 Å². The summed E-state index contributed by atoms with van der Waals surface area (Å²) in [7, 11) is -3.65. The van der Waals surface area contributed by atoms with Crippen molar-refractivity contribution in [3.63, 3.8) is 0 Å². The van der Waals surface area contributed by atoms with Crippen LogP contribution in [0, 0.1) is 5.82 Å². The number of benzene rings is 2. The maximum atomic E-state index is 14.7. The minimum absolute atomic E-state index is 0.0131. The summed E-state index contributed by atoms with van der Waals surface area (Å²) in [4.78, 5) is 22.8. The van der Waals surface area contributed by atoms with Gasteiger partial charge in [0.25, 0.3) is 5.91 Å². The van der Waals surface area contributed by atoms with Crippen molar-refractivity contribution in [2.45, 2.75) is 11.4 Å². The van der Waals surface area contributed by atoms with Crippen molar-refractivity contribution in [2.75, 3.05) is 16.9 Å². The van der Waals surface area contributed by atoms with E-state index >= 15 is 0 Å². The van der Waals surface area contributed by atoms with Gasteiger partial charge in [0.2, 0.25) is 0 Å². The number of amides is 1. The van der Waals surface area contributed by atoms with Crippen molar-refractivity contribution >= 4 is 38.2 Å². The number of hydrogen-bond donors (Lipinski definition) is 1. The third kappa shape index (κ3) is 4.28. The molecule has 9 heteroatoms. The number of carbonyl (C=O) groups is 1. The molecule has 2 aromatic heterocycles. The van der Waals surface area contributed by atoms with E-state index in [4.69, 9.17) is 5.73 Å². The lowest BCUT2D eigenvalue weighted by Gasteiger charge is -2.25. The van der Waals surface area contributed by atoms with Gasteiger partial charge in [-0.15, -0.1) is 0 Å². The van der Waals surface area contributed by atoms with Crippen molar-refractivity contribution in [3.05, 3.63) is 90.0 Å². The number of carbonyl (C=O) groups excluding carboxylic acids is 1. The van der Waals surface area contributed by atoms with Gasteiger partial charge in [0.05, 0.1) is 28.2 Å². The molecule has 2 aromatic carbocycles. The molecule has 162 valence electrons. The van der Waals surface area contributed by atoms with Gasteiger partial charge in [-0.3, -0.25) is 9.78 Å². The predicted molar refractivity (Wildman–Crippen MR) is 120 cm³/mol. The Morgan fingerprint density at radius 1 is 1.09 bits per heavy atom. The quantitative estimate of drug-likeness (QED) is 0.498. The van der Waals surface area contributed by atoms with Crippen LogP contribution in [0.1, 0.15) is 15.9 Å². The molecule has 32 heavy (non-hydrogen) atoms. The first-order chi connectivity index (χ1) is 15.2. The molecule has 7 nitrogen and oxygen atoms in total. The number of nitrogen functional groups attached to an aromatic ring is 1. The normalized spacial score (nSPS) is 11.4. The highest BCUT2D eigenvalue weighted by atomic mass is 32.2.